The number of rotatable bonds is 3. The van der Waals surface area contributed by atoms with E-state index < -0.39 is 0 Å². The van der Waals surface area contributed by atoms with E-state index in [1.54, 1.807) is 7.11 Å². The normalized spacial score (nSPS) is 20.3. The first-order valence-corrected chi connectivity index (χ1v) is 8.70. The molecule has 0 atom stereocenters. The molecule has 2 aliphatic heterocycles. The van der Waals surface area contributed by atoms with Crippen LogP contribution in [-0.2, 0) is 0 Å². The molecule has 23 heavy (non-hydrogen) atoms. The number of ether oxygens (including phenoxy) is 1. The van der Waals surface area contributed by atoms with Crippen molar-refractivity contribution >= 4 is 11.7 Å². The summed E-state index contributed by atoms with van der Waals surface area (Å²) in [5.74, 6) is 0.797. The largest absolute Gasteiger partial charge is 0.497 e. The Labute approximate surface area is 138 Å². The molecule has 0 aliphatic carbocycles. The van der Waals surface area contributed by atoms with Gasteiger partial charge in [-0.1, -0.05) is 6.42 Å². The monoisotopic (exact) mass is 317 g/mol. The number of carbonyl (C=O) groups is 1. The summed E-state index contributed by atoms with van der Waals surface area (Å²) < 4.78 is 5.13. The van der Waals surface area contributed by atoms with Crippen molar-refractivity contribution in [3.05, 3.63) is 24.3 Å². The lowest BCUT2D eigenvalue weighted by Crippen LogP contribution is -2.49. The van der Waals surface area contributed by atoms with Gasteiger partial charge >= 0.3 is 6.03 Å². The summed E-state index contributed by atoms with van der Waals surface area (Å²) in [6.45, 7) is 4.18. The fourth-order valence-electron chi connectivity index (χ4n) is 3.59. The summed E-state index contributed by atoms with van der Waals surface area (Å²) in [5.41, 5.74) is 0.814. The Morgan fingerprint density at radius 1 is 1.04 bits per heavy atom. The van der Waals surface area contributed by atoms with Crippen LogP contribution in [-0.4, -0.2) is 55.2 Å². The number of methoxy groups -OCH3 is 1. The lowest BCUT2D eigenvalue weighted by atomic mass is 10.0. The summed E-state index contributed by atoms with van der Waals surface area (Å²) in [6.07, 6.45) is 6.22. The van der Waals surface area contributed by atoms with Gasteiger partial charge < -0.3 is 19.9 Å². The molecule has 5 nitrogen and oxygen atoms in total. The Morgan fingerprint density at radius 3 is 2.30 bits per heavy atom. The SMILES string of the molecule is COc1ccc(NC(=O)N2CCC(N3CCCCC3)CC2)cc1. The van der Waals surface area contributed by atoms with Crippen LogP contribution in [0.2, 0.25) is 0 Å². The van der Waals surface area contributed by atoms with Gasteiger partial charge in [0.2, 0.25) is 0 Å². The molecule has 126 valence electrons. The smallest absolute Gasteiger partial charge is 0.321 e. The van der Waals surface area contributed by atoms with Crippen molar-refractivity contribution in [1.82, 2.24) is 9.80 Å². The van der Waals surface area contributed by atoms with Gasteiger partial charge in [-0.2, -0.15) is 0 Å². The molecule has 1 aromatic carbocycles. The third-order valence-electron chi connectivity index (χ3n) is 5.00. The number of urea groups is 1. The van der Waals surface area contributed by atoms with Gasteiger partial charge in [-0.25, -0.2) is 4.79 Å². The number of likely N-dealkylation sites (tertiary alicyclic amines) is 2. The maximum absolute atomic E-state index is 12.4. The van der Waals surface area contributed by atoms with Gasteiger partial charge in [-0.3, -0.25) is 0 Å². The molecule has 0 bridgehead atoms. The summed E-state index contributed by atoms with van der Waals surface area (Å²) >= 11 is 0. The van der Waals surface area contributed by atoms with Crippen LogP contribution in [0.5, 0.6) is 5.75 Å². The zero-order chi connectivity index (χ0) is 16.1. The van der Waals surface area contributed by atoms with Gasteiger partial charge in [0.25, 0.3) is 0 Å². The van der Waals surface area contributed by atoms with E-state index in [9.17, 15) is 4.79 Å². The summed E-state index contributed by atoms with van der Waals surface area (Å²) in [5, 5.41) is 2.98. The molecule has 2 heterocycles. The Morgan fingerprint density at radius 2 is 1.70 bits per heavy atom. The minimum absolute atomic E-state index is 0.00672. The number of hydrogen-bond donors (Lipinski definition) is 1. The number of hydrogen-bond acceptors (Lipinski definition) is 3. The van der Waals surface area contributed by atoms with E-state index in [0.717, 1.165) is 37.4 Å². The Balaban J connectivity index is 1.47. The fraction of sp³-hybridized carbons (Fsp3) is 0.611. The van der Waals surface area contributed by atoms with Crippen LogP contribution in [0.4, 0.5) is 10.5 Å². The molecular formula is C18H27N3O2. The van der Waals surface area contributed by atoms with Gasteiger partial charge in [-0.05, 0) is 63.0 Å². The van der Waals surface area contributed by atoms with Crippen LogP contribution < -0.4 is 10.1 Å². The minimum Gasteiger partial charge on any atom is -0.497 e. The predicted molar refractivity (Wildman–Crippen MR) is 92.0 cm³/mol. The summed E-state index contributed by atoms with van der Waals surface area (Å²) in [6, 6.07) is 8.14. The van der Waals surface area contributed by atoms with Crippen LogP contribution in [0.25, 0.3) is 0 Å². The maximum atomic E-state index is 12.4. The number of piperidine rings is 2. The first-order valence-electron chi connectivity index (χ1n) is 8.70. The first-order chi connectivity index (χ1) is 11.3. The van der Waals surface area contributed by atoms with Crippen molar-refractivity contribution in [2.24, 2.45) is 0 Å². The Kier molecular flexibility index (Phi) is 5.39. The number of benzene rings is 1. The molecule has 3 rings (SSSR count). The average molecular weight is 317 g/mol. The molecule has 0 aromatic heterocycles. The molecule has 2 saturated heterocycles. The predicted octanol–water partition coefficient (Wildman–Crippen LogP) is 3.18. The molecule has 0 unspecified atom stereocenters. The third-order valence-corrected chi connectivity index (χ3v) is 5.00. The van der Waals surface area contributed by atoms with Gasteiger partial charge in [0.05, 0.1) is 7.11 Å². The van der Waals surface area contributed by atoms with Crippen molar-refractivity contribution in [3.8, 4) is 5.75 Å². The Hall–Kier alpha value is -1.75. The molecule has 2 aliphatic rings. The highest BCUT2D eigenvalue weighted by atomic mass is 16.5. The maximum Gasteiger partial charge on any atom is 0.321 e. The molecule has 1 aromatic rings. The highest BCUT2D eigenvalue weighted by Gasteiger charge is 2.27. The summed E-state index contributed by atoms with van der Waals surface area (Å²) in [7, 11) is 1.64. The fourth-order valence-corrected chi connectivity index (χ4v) is 3.59. The van der Waals surface area contributed by atoms with Gasteiger partial charge in [0, 0.05) is 24.8 Å². The van der Waals surface area contributed by atoms with E-state index in [1.165, 1.54) is 32.4 Å². The van der Waals surface area contributed by atoms with Crippen LogP contribution in [0, 0.1) is 0 Å². The van der Waals surface area contributed by atoms with E-state index in [1.807, 2.05) is 29.2 Å². The quantitative estimate of drug-likeness (QED) is 0.931. The van der Waals surface area contributed by atoms with E-state index in [4.69, 9.17) is 4.74 Å². The van der Waals surface area contributed by atoms with Crippen molar-refractivity contribution in [2.45, 2.75) is 38.1 Å². The highest BCUT2D eigenvalue weighted by molar-refractivity contribution is 5.89. The zero-order valence-electron chi connectivity index (χ0n) is 14.0. The Bertz CT molecular complexity index is 504. The van der Waals surface area contributed by atoms with Gasteiger partial charge in [0.1, 0.15) is 5.75 Å². The third kappa shape index (κ3) is 4.16. The molecule has 2 fully saturated rings. The first kappa shape index (κ1) is 16.1. The molecule has 0 radical (unpaired) electrons. The molecule has 0 spiro atoms. The van der Waals surface area contributed by atoms with E-state index >= 15 is 0 Å². The number of carbonyl (C=O) groups excluding carboxylic acids is 1. The molecule has 2 amide bonds. The number of amides is 2. The molecule has 0 saturated carbocycles. The lowest BCUT2D eigenvalue weighted by molar-refractivity contribution is 0.104. The van der Waals surface area contributed by atoms with E-state index in [0.29, 0.717) is 6.04 Å². The van der Waals surface area contributed by atoms with E-state index in [-0.39, 0.29) is 6.03 Å². The number of anilines is 1. The van der Waals surface area contributed by atoms with Crippen molar-refractivity contribution in [1.29, 1.82) is 0 Å². The van der Waals surface area contributed by atoms with Gasteiger partial charge in [0.15, 0.2) is 0 Å². The number of nitrogens with zero attached hydrogens (tertiary/aromatic N) is 2. The van der Waals surface area contributed by atoms with Crippen LogP contribution in [0.3, 0.4) is 0 Å². The highest BCUT2D eigenvalue weighted by Crippen LogP contribution is 2.22. The second-order valence-electron chi connectivity index (χ2n) is 6.47. The van der Waals surface area contributed by atoms with Gasteiger partial charge in [-0.15, -0.1) is 0 Å². The van der Waals surface area contributed by atoms with Crippen molar-refractivity contribution in [3.63, 3.8) is 0 Å². The molecule has 1 N–H and O–H groups in total. The van der Waals surface area contributed by atoms with Crippen molar-refractivity contribution < 1.29 is 9.53 Å². The second-order valence-corrected chi connectivity index (χ2v) is 6.47. The average Bonchev–Trinajstić information content (AvgIpc) is 2.63. The summed E-state index contributed by atoms with van der Waals surface area (Å²) in [4.78, 5) is 16.9. The van der Waals surface area contributed by atoms with Crippen LogP contribution >= 0.6 is 0 Å². The second kappa shape index (κ2) is 7.68. The lowest BCUT2D eigenvalue weighted by Gasteiger charge is -2.40. The van der Waals surface area contributed by atoms with Crippen LogP contribution in [0.1, 0.15) is 32.1 Å². The van der Waals surface area contributed by atoms with E-state index in [2.05, 4.69) is 10.2 Å². The topological polar surface area (TPSA) is 44.8 Å². The van der Waals surface area contributed by atoms with Crippen LogP contribution in [0.15, 0.2) is 24.3 Å². The minimum atomic E-state index is 0.00672. The standard InChI is InChI=1S/C18H27N3O2/c1-23-17-7-5-15(6-8-17)19-18(22)21-13-9-16(10-14-21)20-11-3-2-4-12-20/h5-8,16H,2-4,9-14H2,1H3,(H,19,22). The zero-order valence-corrected chi connectivity index (χ0v) is 14.0. The number of nitrogens with one attached hydrogen (secondary N) is 1. The van der Waals surface area contributed by atoms with Crippen molar-refractivity contribution in [2.75, 3.05) is 38.6 Å². The molecular weight excluding hydrogens is 290 g/mol. The molecule has 5 heteroatoms.